The first kappa shape index (κ1) is 16.0. The number of aromatic nitrogens is 1. The number of nitrogens with zero attached hydrogens (tertiary/aromatic N) is 2. The summed E-state index contributed by atoms with van der Waals surface area (Å²) in [5.41, 5.74) is 2.39. The van der Waals surface area contributed by atoms with Crippen LogP contribution in [0, 0.1) is 11.3 Å². The van der Waals surface area contributed by atoms with E-state index in [0.29, 0.717) is 36.7 Å². The molecule has 1 aliphatic heterocycles. The van der Waals surface area contributed by atoms with Crippen molar-refractivity contribution in [2.24, 2.45) is 0 Å². The third kappa shape index (κ3) is 3.70. The minimum absolute atomic E-state index is 0.106. The lowest BCUT2D eigenvalue weighted by Gasteiger charge is -2.10. The first-order valence-corrected chi connectivity index (χ1v) is 7.62. The molecule has 24 heavy (non-hydrogen) atoms. The van der Waals surface area contributed by atoms with E-state index in [1.54, 1.807) is 37.4 Å². The monoisotopic (exact) mass is 324 g/mol. The van der Waals surface area contributed by atoms with Crippen LogP contribution >= 0.6 is 0 Å². The molecule has 0 radical (unpaired) electrons. The lowest BCUT2D eigenvalue weighted by atomic mass is 10.0. The number of hydrogen-bond donors (Lipinski definition) is 0. The zero-order valence-electron chi connectivity index (χ0n) is 13.2. The highest BCUT2D eigenvalue weighted by Gasteiger charge is 2.23. The van der Waals surface area contributed by atoms with Crippen molar-refractivity contribution >= 4 is 5.97 Å². The molecule has 2 aromatic rings. The van der Waals surface area contributed by atoms with Crippen LogP contribution in [0.25, 0.3) is 11.1 Å². The fraction of sp³-hybridized carbons (Fsp3) is 0.278. The highest BCUT2D eigenvalue weighted by Crippen LogP contribution is 2.28. The highest BCUT2D eigenvalue weighted by atomic mass is 16.6. The zero-order chi connectivity index (χ0) is 16.9. The van der Waals surface area contributed by atoms with Crippen LogP contribution in [0.15, 0.2) is 36.7 Å². The first-order chi connectivity index (χ1) is 11.7. The first-order valence-electron chi connectivity index (χ1n) is 7.62. The molecule has 1 aliphatic rings. The largest absolute Gasteiger partial charge is 0.489 e. The van der Waals surface area contributed by atoms with E-state index in [9.17, 15) is 10.1 Å². The normalized spacial score (nSPS) is 15.4. The smallest absolute Gasteiger partial charge is 0.339 e. The summed E-state index contributed by atoms with van der Waals surface area (Å²) in [7, 11) is 0. The molecule has 2 heterocycles. The van der Waals surface area contributed by atoms with Gasteiger partial charge in [0.05, 0.1) is 24.3 Å². The Morgan fingerprint density at radius 2 is 2.21 bits per heavy atom. The highest BCUT2D eigenvalue weighted by molar-refractivity contribution is 5.90. The van der Waals surface area contributed by atoms with Crippen LogP contribution in [-0.2, 0) is 9.47 Å². The Bertz CT molecular complexity index is 794. The number of nitriles is 1. The van der Waals surface area contributed by atoms with Crippen LogP contribution in [0.5, 0.6) is 5.75 Å². The van der Waals surface area contributed by atoms with Crippen LogP contribution < -0.4 is 4.74 Å². The van der Waals surface area contributed by atoms with E-state index in [-0.39, 0.29) is 6.10 Å². The zero-order valence-corrected chi connectivity index (χ0v) is 13.2. The van der Waals surface area contributed by atoms with E-state index in [1.807, 2.05) is 0 Å². The summed E-state index contributed by atoms with van der Waals surface area (Å²) < 4.78 is 15.8. The SMILES string of the molecule is CCOC(=O)c1cncc(-c2ccc(C#N)c(OC[C@H]3CO3)c2)c1. The number of hydrogen-bond acceptors (Lipinski definition) is 6. The van der Waals surface area contributed by atoms with Gasteiger partial charge in [0.25, 0.3) is 0 Å². The van der Waals surface area contributed by atoms with Crippen molar-refractivity contribution < 1.29 is 19.0 Å². The van der Waals surface area contributed by atoms with Gasteiger partial charge in [-0.15, -0.1) is 0 Å². The van der Waals surface area contributed by atoms with Gasteiger partial charge in [-0.3, -0.25) is 4.98 Å². The molecule has 0 aliphatic carbocycles. The second-order valence-electron chi connectivity index (χ2n) is 5.27. The molecule has 0 spiro atoms. The standard InChI is InChI=1S/C18H16N2O4/c1-2-22-18(21)15-5-14(8-20-9-15)12-3-4-13(7-19)17(6-12)24-11-16-10-23-16/h3-6,8-9,16H,2,10-11H2,1H3/t16-/m1/s1. The number of ether oxygens (including phenoxy) is 3. The molecule has 1 atom stereocenters. The molecule has 0 saturated carbocycles. The van der Waals surface area contributed by atoms with E-state index in [2.05, 4.69) is 11.1 Å². The van der Waals surface area contributed by atoms with Crippen molar-refractivity contribution in [3.63, 3.8) is 0 Å². The van der Waals surface area contributed by atoms with Crippen LogP contribution in [0.2, 0.25) is 0 Å². The van der Waals surface area contributed by atoms with Crippen molar-refractivity contribution in [3.05, 3.63) is 47.8 Å². The van der Waals surface area contributed by atoms with E-state index < -0.39 is 5.97 Å². The Morgan fingerprint density at radius 1 is 1.38 bits per heavy atom. The summed E-state index contributed by atoms with van der Waals surface area (Å²) in [5, 5.41) is 9.20. The van der Waals surface area contributed by atoms with E-state index in [1.165, 1.54) is 6.20 Å². The molecule has 0 N–H and O–H groups in total. The molecule has 1 aromatic carbocycles. The number of carbonyl (C=O) groups is 1. The van der Waals surface area contributed by atoms with Crippen LogP contribution in [0.3, 0.4) is 0 Å². The van der Waals surface area contributed by atoms with Gasteiger partial charge in [0, 0.05) is 18.0 Å². The molecule has 0 bridgehead atoms. The molecule has 6 nitrogen and oxygen atoms in total. The number of epoxide rings is 1. The van der Waals surface area contributed by atoms with Crippen molar-refractivity contribution in [1.82, 2.24) is 4.98 Å². The Morgan fingerprint density at radius 3 is 2.92 bits per heavy atom. The molecule has 122 valence electrons. The molecule has 1 saturated heterocycles. The molecule has 3 rings (SSSR count). The molecule has 0 amide bonds. The molecular formula is C18H16N2O4. The maximum atomic E-state index is 11.8. The van der Waals surface area contributed by atoms with Gasteiger partial charge in [0.1, 0.15) is 24.5 Å². The van der Waals surface area contributed by atoms with Crippen LogP contribution in [0.1, 0.15) is 22.8 Å². The fourth-order valence-corrected chi connectivity index (χ4v) is 2.18. The summed E-state index contributed by atoms with van der Waals surface area (Å²) >= 11 is 0. The van der Waals surface area contributed by atoms with Crippen LogP contribution in [-0.4, -0.2) is 36.9 Å². The topological polar surface area (TPSA) is 84.7 Å². The summed E-state index contributed by atoms with van der Waals surface area (Å²) in [6.07, 6.45) is 3.22. The minimum Gasteiger partial charge on any atom is -0.489 e. The fourth-order valence-electron chi connectivity index (χ4n) is 2.18. The van der Waals surface area contributed by atoms with Gasteiger partial charge in [0.15, 0.2) is 0 Å². The van der Waals surface area contributed by atoms with Crippen LogP contribution in [0.4, 0.5) is 0 Å². The van der Waals surface area contributed by atoms with Gasteiger partial charge >= 0.3 is 5.97 Å². The number of esters is 1. The lowest BCUT2D eigenvalue weighted by molar-refractivity contribution is 0.0526. The maximum absolute atomic E-state index is 11.8. The number of carbonyl (C=O) groups excluding carboxylic acids is 1. The van der Waals surface area contributed by atoms with Crippen molar-refractivity contribution in [1.29, 1.82) is 5.26 Å². The Kier molecular flexibility index (Phi) is 4.73. The summed E-state index contributed by atoms with van der Waals surface area (Å²) in [6, 6.07) is 9.07. The predicted molar refractivity (Wildman–Crippen MR) is 85.6 cm³/mol. The van der Waals surface area contributed by atoms with Gasteiger partial charge in [-0.25, -0.2) is 4.79 Å². The summed E-state index contributed by atoms with van der Waals surface area (Å²) in [5.74, 6) is 0.0786. The molecule has 1 fully saturated rings. The average Bonchev–Trinajstić information content (AvgIpc) is 3.44. The molecule has 1 aromatic heterocycles. The maximum Gasteiger partial charge on any atom is 0.339 e. The summed E-state index contributed by atoms with van der Waals surface area (Å²) in [4.78, 5) is 15.9. The van der Waals surface area contributed by atoms with Crippen molar-refractivity contribution in [2.45, 2.75) is 13.0 Å². The van der Waals surface area contributed by atoms with Gasteiger partial charge in [-0.05, 0) is 30.7 Å². The second kappa shape index (κ2) is 7.11. The van der Waals surface area contributed by atoms with Gasteiger partial charge in [-0.2, -0.15) is 5.26 Å². The predicted octanol–water partition coefficient (Wildman–Crippen LogP) is 2.57. The van der Waals surface area contributed by atoms with Gasteiger partial charge in [0.2, 0.25) is 0 Å². The molecule has 6 heteroatoms. The third-order valence-electron chi connectivity index (χ3n) is 3.51. The quantitative estimate of drug-likeness (QED) is 0.600. The average molecular weight is 324 g/mol. The van der Waals surface area contributed by atoms with Crippen molar-refractivity contribution in [2.75, 3.05) is 19.8 Å². The van der Waals surface area contributed by atoms with E-state index >= 15 is 0 Å². The second-order valence-corrected chi connectivity index (χ2v) is 5.27. The molecular weight excluding hydrogens is 308 g/mol. The van der Waals surface area contributed by atoms with Gasteiger partial charge < -0.3 is 14.2 Å². The number of rotatable bonds is 6. The molecule has 0 unspecified atom stereocenters. The minimum atomic E-state index is -0.414. The Hall–Kier alpha value is -2.91. The van der Waals surface area contributed by atoms with Crippen molar-refractivity contribution in [3.8, 4) is 22.9 Å². The Balaban J connectivity index is 1.88. The van der Waals surface area contributed by atoms with E-state index in [4.69, 9.17) is 14.2 Å². The number of benzene rings is 1. The van der Waals surface area contributed by atoms with E-state index in [0.717, 1.165) is 11.1 Å². The van der Waals surface area contributed by atoms with Gasteiger partial charge in [-0.1, -0.05) is 6.07 Å². The summed E-state index contributed by atoms with van der Waals surface area (Å²) in [6.45, 7) is 3.16. The lowest BCUT2D eigenvalue weighted by Crippen LogP contribution is -2.06. The third-order valence-corrected chi connectivity index (χ3v) is 3.51. The Labute approximate surface area is 139 Å². The number of pyridine rings is 1.